The van der Waals surface area contributed by atoms with Gasteiger partial charge in [-0.2, -0.15) is 0 Å². The summed E-state index contributed by atoms with van der Waals surface area (Å²) in [5.41, 5.74) is 0.835. The molecule has 1 aromatic carbocycles. The molecule has 84 valence electrons. The molecule has 17 heavy (non-hydrogen) atoms. The van der Waals surface area contributed by atoms with Crippen LogP contribution in [0.3, 0.4) is 0 Å². The number of aliphatic hydroxyl groups excluding tert-OH is 1. The van der Waals surface area contributed by atoms with E-state index >= 15 is 0 Å². The van der Waals surface area contributed by atoms with E-state index in [1.165, 1.54) is 11.5 Å². The van der Waals surface area contributed by atoms with E-state index in [1.807, 2.05) is 24.3 Å². The molecule has 2 aromatic heterocycles. The molecule has 3 aromatic rings. The molecular weight excluding hydrogens is 234 g/mol. The Labute approximate surface area is 102 Å². The van der Waals surface area contributed by atoms with Gasteiger partial charge in [-0.3, -0.25) is 4.98 Å². The monoisotopic (exact) mass is 243 g/mol. The van der Waals surface area contributed by atoms with Crippen molar-refractivity contribution in [3.63, 3.8) is 0 Å². The number of aromatic nitrogens is 3. The van der Waals surface area contributed by atoms with Crippen molar-refractivity contribution < 1.29 is 5.11 Å². The van der Waals surface area contributed by atoms with Crippen LogP contribution in [0.1, 0.15) is 16.5 Å². The van der Waals surface area contributed by atoms with E-state index in [2.05, 4.69) is 14.6 Å². The van der Waals surface area contributed by atoms with Gasteiger partial charge in [-0.25, -0.2) is 0 Å². The molecule has 0 saturated carbocycles. The Morgan fingerprint density at radius 1 is 1.18 bits per heavy atom. The van der Waals surface area contributed by atoms with Crippen LogP contribution < -0.4 is 0 Å². The van der Waals surface area contributed by atoms with Crippen molar-refractivity contribution >= 4 is 22.3 Å². The Balaban J connectivity index is 2.17. The molecule has 5 heteroatoms. The Morgan fingerprint density at radius 2 is 2.12 bits per heavy atom. The van der Waals surface area contributed by atoms with Crippen molar-refractivity contribution in [3.05, 3.63) is 53.3 Å². The number of aliphatic hydroxyl groups is 1. The second-order valence-corrected chi connectivity index (χ2v) is 4.48. The van der Waals surface area contributed by atoms with Crippen LogP contribution in [0, 0.1) is 0 Å². The fraction of sp³-hybridized carbons (Fsp3) is 0.0833. The van der Waals surface area contributed by atoms with Crippen LogP contribution in [-0.2, 0) is 0 Å². The van der Waals surface area contributed by atoms with Crippen LogP contribution in [0.15, 0.2) is 42.9 Å². The van der Waals surface area contributed by atoms with E-state index in [4.69, 9.17) is 0 Å². The zero-order valence-corrected chi connectivity index (χ0v) is 9.63. The molecule has 0 radical (unpaired) electrons. The van der Waals surface area contributed by atoms with E-state index in [0.29, 0.717) is 0 Å². The first-order chi connectivity index (χ1) is 8.36. The quantitative estimate of drug-likeness (QED) is 0.749. The van der Waals surface area contributed by atoms with Crippen LogP contribution >= 0.6 is 11.5 Å². The van der Waals surface area contributed by atoms with Crippen LogP contribution in [0.4, 0.5) is 0 Å². The maximum atomic E-state index is 10.3. The first-order valence-electron chi connectivity index (χ1n) is 5.14. The average Bonchev–Trinajstić information content (AvgIpc) is 2.91. The molecule has 0 aliphatic carbocycles. The highest BCUT2D eigenvalue weighted by molar-refractivity contribution is 7.05. The number of fused-ring (bicyclic) bond motifs is 1. The fourth-order valence-corrected chi connectivity index (χ4v) is 2.33. The minimum atomic E-state index is -0.692. The topological polar surface area (TPSA) is 58.9 Å². The third kappa shape index (κ3) is 1.79. The molecule has 2 heterocycles. The number of hydrogen-bond acceptors (Lipinski definition) is 5. The summed E-state index contributed by atoms with van der Waals surface area (Å²) < 4.78 is 3.76. The van der Waals surface area contributed by atoms with Gasteiger partial charge < -0.3 is 5.11 Å². The smallest absolute Gasteiger partial charge is 0.117 e. The van der Waals surface area contributed by atoms with Crippen LogP contribution in [0.5, 0.6) is 0 Å². The number of pyridine rings is 1. The molecule has 0 amide bonds. The van der Waals surface area contributed by atoms with Crippen LogP contribution in [-0.4, -0.2) is 19.7 Å². The number of benzene rings is 1. The molecule has 0 spiro atoms. The van der Waals surface area contributed by atoms with Gasteiger partial charge in [0.15, 0.2) is 0 Å². The molecular formula is C12H9N3OS. The van der Waals surface area contributed by atoms with E-state index in [-0.39, 0.29) is 0 Å². The molecule has 0 aliphatic heterocycles. The van der Waals surface area contributed by atoms with Gasteiger partial charge in [0.1, 0.15) is 6.10 Å². The molecule has 0 fully saturated rings. The number of nitrogens with zero attached hydrogens (tertiary/aromatic N) is 3. The predicted octanol–water partition coefficient (Wildman–Crippen LogP) is 2.17. The lowest BCUT2D eigenvalue weighted by molar-refractivity contribution is 0.225. The third-order valence-electron chi connectivity index (χ3n) is 2.66. The van der Waals surface area contributed by atoms with E-state index in [9.17, 15) is 5.11 Å². The van der Waals surface area contributed by atoms with Crippen molar-refractivity contribution in [2.75, 3.05) is 0 Å². The van der Waals surface area contributed by atoms with Gasteiger partial charge >= 0.3 is 0 Å². The maximum absolute atomic E-state index is 10.3. The highest BCUT2D eigenvalue weighted by Gasteiger charge is 2.15. The summed E-state index contributed by atoms with van der Waals surface area (Å²) in [5, 5.41) is 16.0. The van der Waals surface area contributed by atoms with Gasteiger partial charge in [0.05, 0.1) is 11.1 Å². The lowest BCUT2D eigenvalue weighted by atomic mass is 10.0. The molecule has 0 aliphatic rings. The van der Waals surface area contributed by atoms with Crippen LogP contribution in [0.2, 0.25) is 0 Å². The van der Waals surface area contributed by atoms with E-state index < -0.39 is 6.10 Å². The lowest BCUT2D eigenvalue weighted by Crippen LogP contribution is -1.98. The van der Waals surface area contributed by atoms with Gasteiger partial charge in [-0.1, -0.05) is 22.7 Å². The Morgan fingerprint density at radius 3 is 2.94 bits per heavy atom. The van der Waals surface area contributed by atoms with Crippen molar-refractivity contribution in [2.24, 2.45) is 0 Å². The van der Waals surface area contributed by atoms with Crippen molar-refractivity contribution in [1.82, 2.24) is 14.6 Å². The molecule has 1 unspecified atom stereocenters. The minimum absolute atomic E-state index is 0.692. The lowest BCUT2D eigenvalue weighted by Gasteiger charge is -2.10. The Hall–Kier alpha value is -1.85. The van der Waals surface area contributed by atoms with E-state index in [1.54, 1.807) is 18.6 Å². The summed E-state index contributed by atoms with van der Waals surface area (Å²) in [4.78, 5) is 4.84. The maximum Gasteiger partial charge on any atom is 0.117 e. The Kier molecular flexibility index (Phi) is 2.55. The molecule has 1 N–H and O–H groups in total. The summed E-state index contributed by atoms with van der Waals surface area (Å²) >= 11 is 1.20. The zero-order valence-electron chi connectivity index (χ0n) is 8.82. The average molecular weight is 243 g/mol. The Bertz CT molecular complexity index is 634. The standard InChI is InChI=1S/C12H9N3OS/c16-12(11-7-14-15-17-11)9-3-1-2-8-4-5-13-6-10(8)9/h1-7,12,16H. The molecule has 3 rings (SSSR count). The van der Waals surface area contributed by atoms with Gasteiger partial charge in [0, 0.05) is 17.8 Å². The molecule has 0 bridgehead atoms. The SMILES string of the molecule is OC(c1cnns1)c1cccc2ccncc12. The zero-order chi connectivity index (χ0) is 11.7. The first-order valence-corrected chi connectivity index (χ1v) is 5.91. The highest BCUT2D eigenvalue weighted by atomic mass is 32.1. The van der Waals surface area contributed by atoms with Gasteiger partial charge in [0.2, 0.25) is 0 Å². The predicted molar refractivity (Wildman–Crippen MR) is 65.7 cm³/mol. The van der Waals surface area contributed by atoms with Crippen molar-refractivity contribution in [1.29, 1.82) is 0 Å². The third-order valence-corrected chi connectivity index (χ3v) is 3.38. The summed E-state index contributed by atoms with van der Waals surface area (Å²) in [7, 11) is 0. The largest absolute Gasteiger partial charge is 0.383 e. The van der Waals surface area contributed by atoms with Gasteiger partial charge in [-0.05, 0) is 28.5 Å². The second kappa shape index (κ2) is 4.20. The summed E-state index contributed by atoms with van der Waals surface area (Å²) in [6.45, 7) is 0. The number of rotatable bonds is 2. The summed E-state index contributed by atoms with van der Waals surface area (Å²) in [6.07, 6.45) is 4.41. The van der Waals surface area contributed by atoms with Crippen LogP contribution in [0.25, 0.3) is 10.8 Å². The molecule has 0 saturated heterocycles. The second-order valence-electron chi connectivity index (χ2n) is 3.67. The highest BCUT2D eigenvalue weighted by Crippen LogP contribution is 2.29. The normalized spacial score (nSPS) is 12.8. The summed E-state index contributed by atoms with van der Waals surface area (Å²) in [5.74, 6) is 0. The fourth-order valence-electron chi connectivity index (χ4n) is 1.82. The van der Waals surface area contributed by atoms with Crippen molar-refractivity contribution in [2.45, 2.75) is 6.10 Å². The number of hydrogen-bond donors (Lipinski definition) is 1. The minimum Gasteiger partial charge on any atom is -0.383 e. The van der Waals surface area contributed by atoms with E-state index in [0.717, 1.165) is 21.2 Å². The first kappa shape index (κ1) is 10.3. The van der Waals surface area contributed by atoms with Gasteiger partial charge in [-0.15, -0.1) is 5.10 Å². The van der Waals surface area contributed by atoms with Gasteiger partial charge in [0.25, 0.3) is 0 Å². The summed E-state index contributed by atoms with van der Waals surface area (Å²) in [6, 6.07) is 7.75. The molecule has 4 nitrogen and oxygen atoms in total. The van der Waals surface area contributed by atoms with Crippen molar-refractivity contribution in [3.8, 4) is 0 Å². The molecule has 1 atom stereocenters.